The van der Waals surface area contributed by atoms with Gasteiger partial charge < -0.3 is 15.0 Å². The average Bonchev–Trinajstić information content (AvgIpc) is 2.89. The number of methoxy groups -OCH3 is 1. The summed E-state index contributed by atoms with van der Waals surface area (Å²) in [6, 6.07) is 7.10. The summed E-state index contributed by atoms with van der Waals surface area (Å²) in [6.07, 6.45) is 3.89. The number of nitrogens with one attached hydrogen (secondary N) is 2. The van der Waals surface area contributed by atoms with Gasteiger partial charge in [-0.3, -0.25) is 4.79 Å². The number of amides is 1. The molecule has 1 amide bonds. The number of carbonyl (C=O) groups is 2. The Kier molecular flexibility index (Phi) is 4.77. The summed E-state index contributed by atoms with van der Waals surface area (Å²) < 4.78 is 4.76. The number of hydrogen-bond donors (Lipinski definition) is 2. The van der Waals surface area contributed by atoms with Crippen LogP contribution in [0.3, 0.4) is 0 Å². The van der Waals surface area contributed by atoms with E-state index in [4.69, 9.17) is 4.74 Å². The van der Waals surface area contributed by atoms with Crippen LogP contribution in [-0.4, -0.2) is 30.0 Å². The quantitative estimate of drug-likeness (QED) is 0.630. The molecule has 2 rings (SSSR count). The van der Waals surface area contributed by atoms with E-state index in [0.29, 0.717) is 6.42 Å². The Labute approximate surface area is 123 Å². The zero-order valence-corrected chi connectivity index (χ0v) is 11.9. The zero-order valence-electron chi connectivity index (χ0n) is 11.9. The highest BCUT2D eigenvalue weighted by Crippen LogP contribution is 2.19. The molecule has 110 valence electrons. The van der Waals surface area contributed by atoms with E-state index in [0.717, 1.165) is 16.5 Å². The van der Waals surface area contributed by atoms with Crippen molar-refractivity contribution in [1.29, 1.82) is 0 Å². The minimum Gasteiger partial charge on any atom is -0.467 e. The number of aromatic amines is 1. The highest BCUT2D eigenvalue weighted by atomic mass is 16.5. The van der Waals surface area contributed by atoms with Crippen molar-refractivity contribution in [3.05, 3.63) is 48.7 Å². The number of rotatable bonds is 6. The van der Waals surface area contributed by atoms with Crippen molar-refractivity contribution in [2.24, 2.45) is 0 Å². The third-order valence-corrected chi connectivity index (χ3v) is 3.25. The third-order valence-electron chi connectivity index (χ3n) is 3.25. The first kappa shape index (κ1) is 14.8. The van der Waals surface area contributed by atoms with Gasteiger partial charge in [0.05, 0.1) is 7.11 Å². The van der Waals surface area contributed by atoms with Crippen LogP contribution in [0.25, 0.3) is 10.9 Å². The summed E-state index contributed by atoms with van der Waals surface area (Å²) in [7, 11) is 1.31. The fraction of sp³-hybridized carbons (Fsp3) is 0.250. The van der Waals surface area contributed by atoms with Crippen LogP contribution in [-0.2, 0) is 20.7 Å². The molecule has 21 heavy (non-hydrogen) atoms. The van der Waals surface area contributed by atoms with E-state index < -0.39 is 12.0 Å². The Morgan fingerprint density at radius 2 is 2.19 bits per heavy atom. The van der Waals surface area contributed by atoms with E-state index >= 15 is 0 Å². The number of carbonyl (C=O) groups excluding carboxylic acids is 2. The Morgan fingerprint density at radius 3 is 2.90 bits per heavy atom. The molecule has 5 heteroatoms. The minimum absolute atomic E-state index is 0.168. The van der Waals surface area contributed by atoms with Gasteiger partial charge in [0, 0.05) is 29.9 Å². The lowest BCUT2D eigenvalue weighted by Crippen LogP contribution is -2.42. The molecule has 0 aliphatic heterocycles. The van der Waals surface area contributed by atoms with Gasteiger partial charge in [0.1, 0.15) is 6.04 Å². The second-order valence-electron chi connectivity index (χ2n) is 4.70. The molecule has 0 radical (unpaired) electrons. The standard InChI is InChI=1S/C16H18N2O3/c1-3-6-15(19)18-14(16(20)21-2)9-11-10-17-13-8-5-4-7-12(11)13/h3-5,7-8,10,14,17H,1,6,9H2,2H3,(H,18,19)/t14-/m0/s1. The number of ether oxygens (including phenoxy) is 1. The Bertz CT molecular complexity index is 660. The molecule has 1 heterocycles. The third kappa shape index (κ3) is 3.51. The Balaban J connectivity index is 2.20. The van der Waals surface area contributed by atoms with E-state index in [-0.39, 0.29) is 12.3 Å². The van der Waals surface area contributed by atoms with Crippen molar-refractivity contribution in [2.45, 2.75) is 18.9 Å². The topological polar surface area (TPSA) is 71.2 Å². The van der Waals surface area contributed by atoms with Crippen LogP contribution in [0.15, 0.2) is 43.1 Å². The summed E-state index contributed by atoms with van der Waals surface area (Å²) >= 11 is 0. The molecule has 0 fully saturated rings. The summed E-state index contributed by atoms with van der Waals surface area (Å²) in [4.78, 5) is 26.7. The number of aromatic nitrogens is 1. The van der Waals surface area contributed by atoms with Gasteiger partial charge in [0.25, 0.3) is 0 Å². The van der Waals surface area contributed by atoms with Crippen LogP contribution in [0.4, 0.5) is 0 Å². The van der Waals surface area contributed by atoms with Gasteiger partial charge in [0.15, 0.2) is 0 Å². The van der Waals surface area contributed by atoms with Crippen LogP contribution in [0.1, 0.15) is 12.0 Å². The van der Waals surface area contributed by atoms with Crippen LogP contribution in [0.5, 0.6) is 0 Å². The summed E-state index contributed by atoms with van der Waals surface area (Å²) in [6.45, 7) is 3.51. The van der Waals surface area contributed by atoms with Crippen LogP contribution in [0, 0.1) is 0 Å². The maximum atomic E-state index is 11.8. The van der Waals surface area contributed by atoms with Crippen molar-refractivity contribution in [1.82, 2.24) is 10.3 Å². The maximum absolute atomic E-state index is 11.8. The van der Waals surface area contributed by atoms with Gasteiger partial charge in [-0.05, 0) is 11.6 Å². The van der Waals surface area contributed by atoms with Crippen molar-refractivity contribution < 1.29 is 14.3 Å². The van der Waals surface area contributed by atoms with Gasteiger partial charge >= 0.3 is 5.97 Å². The van der Waals surface area contributed by atoms with Crippen molar-refractivity contribution in [3.63, 3.8) is 0 Å². The van der Waals surface area contributed by atoms with Crippen LogP contribution in [0.2, 0.25) is 0 Å². The van der Waals surface area contributed by atoms with Gasteiger partial charge in [-0.25, -0.2) is 4.79 Å². The zero-order chi connectivity index (χ0) is 15.2. The normalized spacial score (nSPS) is 11.9. The molecular formula is C16H18N2O3. The number of esters is 1. The lowest BCUT2D eigenvalue weighted by molar-refractivity contribution is -0.144. The molecule has 1 aromatic heterocycles. The average molecular weight is 286 g/mol. The highest BCUT2D eigenvalue weighted by molar-refractivity contribution is 5.87. The van der Waals surface area contributed by atoms with E-state index in [9.17, 15) is 9.59 Å². The Hall–Kier alpha value is -2.56. The monoisotopic (exact) mass is 286 g/mol. The molecule has 1 atom stereocenters. The first-order chi connectivity index (χ1) is 10.2. The second-order valence-corrected chi connectivity index (χ2v) is 4.70. The number of hydrogen-bond acceptors (Lipinski definition) is 3. The number of benzene rings is 1. The number of para-hydroxylation sites is 1. The molecule has 5 nitrogen and oxygen atoms in total. The molecule has 0 unspecified atom stereocenters. The molecule has 1 aromatic carbocycles. The Morgan fingerprint density at radius 1 is 1.43 bits per heavy atom. The molecule has 0 saturated carbocycles. The van der Waals surface area contributed by atoms with Gasteiger partial charge in [0.2, 0.25) is 5.91 Å². The molecule has 2 N–H and O–H groups in total. The first-order valence-electron chi connectivity index (χ1n) is 6.68. The molecule has 0 aliphatic carbocycles. The maximum Gasteiger partial charge on any atom is 0.328 e. The van der Waals surface area contributed by atoms with Crippen LogP contribution >= 0.6 is 0 Å². The fourth-order valence-electron chi connectivity index (χ4n) is 2.24. The fourth-order valence-corrected chi connectivity index (χ4v) is 2.24. The smallest absolute Gasteiger partial charge is 0.328 e. The van der Waals surface area contributed by atoms with E-state index in [1.807, 2.05) is 30.5 Å². The largest absolute Gasteiger partial charge is 0.467 e. The predicted octanol–water partition coefficient (Wildman–Crippen LogP) is 1.94. The molecule has 0 bridgehead atoms. The highest BCUT2D eigenvalue weighted by Gasteiger charge is 2.22. The minimum atomic E-state index is -0.707. The molecular weight excluding hydrogens is 268 g/mol. The SMILES string of the molecule is C=CCC(=O)N[C@@H](Cc1c[nH]c2ccccc12)C(=O)OC. The number of H-pyrrole nitrogens is 1. The van der Waals surface area contributed by atoms with Crippen molar-refractivity contribution in [3.8, 4) is 0 Å². The molecule has 2 aromatic rings. The lowest BCUT2D eigenvalue weighted by Gasteiger charge is -2.15. The predicted molar refractivity (Wildman–Crippen MR) is 80.8 cm³/mol. The second kappa shape index (κ2) is 6.74. The van der Waals surface area contributed by atoms with Gasteiger partial charge in [-0.15, -0.1) is 6.58 Å². The van der Waals surface area contributed by atoms with Crippen molar-refractivity contribution >= 4 is 22.8 Å². The van der Waals surface area contributed by atoms with E-state index in [1.165, 1.54) is 13.2 Å². The molecule has 0 saturated heterocycles. The van der Waals surface area contributed by atoms with Gasteiger partial charge in [-0.1, -0.05) is 24.3 Å². The molecule has 0 aliphatic rings. The van der Waals surface area contributed by atoms with E-state index in [1.54, 1.807) is 0 Å². The lowest BCUT2D eigenvalue weighted by atomic mass is 10.0. The van der Waals surface area contributed by atoms with Crippen LogP contribution < -0.4 is 5.32 Å². The summed E-state index contributed by atoms with van der Waals surface area (Å²) in [5.74, 6) is -0.710. The summed E-state index contributed by atoms with van der Waals surface area (Å²) in [5.41, 5.74) is 1.95. The van der Waals surface area contributed by atoms with Crippen molar-refractivity contribution in [2.75, 3.05) is 7.11 Å². The molecule has 0 spiro atoms. The van der Waals surface area contributed by atoms with Gasteiger partial charge in [-0.2, -0.15) is 0 Å². The van der Waals surface area contributed by atoms with E-state index in [2.05, 4.69) is 16.9 Å². The summed E-state index contributed by atoms with van der Waals surface area (Å²) in [5, 5.41) is 3.70. The first-order valence-corrected chi connectivity index (χ1v) is 6.68. The number of fused-ring (bicyclic) bond motifs is 1.